The van der Waals surface area contributed by atoms with Gasteiger partial charge in [0, 0.05) is 6.07 Å². The molecule has 0 radical (unpaired) electrons. The maximum absolute atomic E-state index is 11.6. The number of hydrogen-bond acceptors (Lipinski definition) is 6. The molecule has 2 N–H and O–H groups in total. The van der Waals surface area contributed by atoms with Crippen molar-refractivity contribution in [1.29, 1.82) is 0 Å². The molecule has 6 aromatic carbocycles. The molecule has 0 bridgehead atoms. The van der Waals surface area contributed by atoms with Crippen LogP contribution in [0.15, 0.2) is 133 Å². The number of carbonyl (C=O) groups excluding carboxylic acids is 1. The van der Waals surface area contributed by atoms with E-state index in [1.54, 1.807) is 31.2 Å². The van der Waals surface area contributed by atoms with Gasteiger partial charge in [-0.15, -0.1) is 0 Å². The normalized spacial score (nSPS) is 12.4. The second-order valence-corrected chi connectivity index (χ2v) is 11.2. The maximum atomic E-state index is 11.6. The lowest BCUT2D eigenvalue weighted by molar-refractivity contribution is -0.120. The Bertz CT molecular complexity index is 2100. The predicted molar refractivity (Wildman–Crippen MR) is 177 cm³/mol. The predicted octanol–water partition coefficient (Wildman–Crippen LogP) is 8.88. The second-order valence-electron chi connectivity index (χ2n) is 11.2. The molecular formula is C40H28O7. The Morgan fingerprint density at radius 1 is 0.638 bits per heavy atom. The van der Waals surface area contributed by atoms with E-state index in [1.165, 1.54) is 12.1 Å². The summed E-state index contributed by atoms with van der Waals surface area (Å²) in [4.78, 5) is 22.5. The highest BCUT2D eigenvalue weighted by Crippen LogP contribution is 2.57. The van der Waals surface area contributed by atoms with Crippen LogP contribution >= 0.6 is 0 Å². The Morgan fingerprint density at radius 2 is 1.13 bits per heavy atom. The van der Waals surface area contributed by atoms with Crippen LogP contribution in [0.1, 0.15) is 38.2 Å². The molecular weight excluding hydrogens is 592 g/mol. The number of fused-ring (bicyclic) bond motifs is 3. The lowest BCUT2D eigenvalue weighted by Gasteiger charge is -2.34. The molecule has 0 aromatic heterocycles. The van der Waals surface area contributed by atoms with Gasteiger partial charge in [-0.3, -0.25) is 4.79 Å². The number of rotatable bonds is 9. The lowest BCUT2D eigenvalue weighted by Crippen LogP contribution is -2.28. The number of carbonyl (C=O) groups is 2. The van der Waals surface area contributed by atoms with E-state index in [9.17, 15) is 19.8 Å². The summed E-state index contributed by atoms with van der Waals surface area (Å²) in [6.45, 7) is 1.99. The van der Waals surface area contributed by atoms with Crippen molar-refractivity contribution in [2.24, 2.45) is 0 Å². The molecule has 47 heavy (non-hydrogen) atoms. The highest BCUT2D eigenvalue weighted by molar-refractivity contribution is 5.90. The first-order valence-electron chi connectivity index (χ1n) is 14.9. The van der Waals surface area contributed by atoms with Crippen molar-refractivity contribution in [3.63, 3.8) is 0 Å². The Labute approximate surface area is 270 Å². The highest BCUT2D eigenvalue weighted by Gasteiger charge is 2.46. The largest absolute Gasteiger partial charge is 0.504 e. The van der Waals surface area contributed by atoms with E-state index in [1.807, 2.05) is 60.7 Å². The number of phenolic OH excluding ortho intramolecular Hbond substituents is 1. The standard InChI is InChI=1S/C40H28O7/c1-25-20-28(12-16-32(25)39(43)44)46-29-13-17-35-33(21-29)34-22-30(47-31-15-19-37(42)38(23-31)45-24-41)14-18-36(34)40(35,26-8-4-2-5-9-26)27-10-6-3-7-11-27/h2-24,42H,1H3,(H,43,44). The zero-order valence-corrected chi connectivity index (χ0v) is 25.2. The molecule has 0 atom stereocenters. The van der Waals surface area contributed by atoms with Gasteiger partial charge < -0.3 is 24.4 Å². The summed E-state index contributed by atoms with van der Waals surface area (Å²) in [6, 6.07) is 42.1. The van der Waals surface area contributed by atoms with Crippen molar-refractivity contribution in [3.8, 4) is 45.6 Å². The molecule has 0 heterocycles. The molecule has 0 aliphatic heterocycles. The zero-order valence-electron chi connectivity index (χ0n) is 25.2. The summed E-state index contributed by atoms with van der Waals surface area (Å²) in [7, 11) is 0. The first-order valence-corrected chi connectivity index (χ1v) is 14.9. The van der Waals surface area contributed by atoms with Crippen LogP contribution in [0.4, 0.5) is 0 Å². The fourth-order valence-electron chi connectivity index (χ4n) is 6.50. The van der Waals surface area contributed by atoms with Crippen molar-refractivity contribution in [3.05, 3.63) is 167 Å². The summed E-state index contributed by atoms with van der Waals surface area (Å²) in [5.74, 6) is 0.871. The molecule has 6 aromatic rings. The number of benzene rings is 6. The summed E-state index contributed by atoms with van der Waals surface area (Å²) in [6.07, 6.45) is 0. The first-order chi connectivity index (χ1) is 22.9. The van der Waals surface area contributed by atoms with Crippen LogP contribution in [0, 0.1) is 6.92 Å². The number of aromatic hydroxyl groups is 1. The number of hydrogen-bond donors (Lipinski definition) is 2. The van der Waals surface area contributed by atoms with Gasteiger partial charge in [0.1, 0.15) is 23.0 Å². The van der Waals surface area contributed by atoms with E-state index < -0.39 is 11.4 Å². The van der Waals surface area contributed by atoms with Crippen LogP contribution in [0.2, 0.25) is 0 Å². The van der Waals surface area contributed by atoms with Crippen LogP contribution in [0.25, 0.3) is 11.1 Å². The Morgan fingerprint density at radius 3 is 1.64 bits per heavy atom. The van der Waals surface area contributed by atoms with Crippen molar-refractivity contribution >= 4 is 12.4 Å². The number of aromatic carboxylic acids is 1. The van der Waals surface area contributed by atoms with Gasteiger partial charge in [0.2, 0.25) is 0 Å². The number of aryl methyl sites for hydroxylation is 1. The Kier molecular flexibility index (Phi) is 7.42. The van der Waals surface area contributed by atoms with Crippen LogP contribution in [-0.4, -0.2) is 22.7 Å². The molecule has 0 saturated carbocycles. The van der Waals surface area contributed by atoms with Crippen molar-refractivity contribution in [2.45, 2.75) is 12.3 Å². The van der Waals surface area contributed by atoms with Gasteiger partial charge in [0.05, 0.1) is 11.0 Å². The van der Waals surface area contributed by atoms with Crippen molar-refractivity contribution in [1.82, 2.24) is 0 Å². The van der Waals surface area contributed by atoms with Gasteiger partial charge in [-0.1, -0.05) is 72.8 Å². The number of phenols is 1. The molecule has 230 valence electrons. The van der Waals surface area contributed by atoms with E-state index in [0.29, 0.717) is 28.6 Å². The van der Waals surface area contributed by atoms with E-state index >= 15 is 0 Å². The van der Waals surface area contributed by atoms with Gasteiger partial charge in [0.25, 0.3) is 6.47 Å². The fourth-order valence-corrected chi connectivity index (χ4v) is 6.50. The smallest absolute Gasteiger partial charge is 0.335 e. The minimum Gasteiger partial charge on any atom is -0.504 e. The third-order valence-electron chi connectivity index (χ3n) is 8.50. The number of carboxylic acids is 1. The maximum Gasteiger partial charge on any atom is 0.335 e. The molecule has 7 rings (SSSR count). The molecule has 0 amide bonds. The van der Waals surface area contributed by atoms with Gasteiger partial charge in [-0.05, 0) is 100 Å². The molecule has 0 spiro atoms. The third kappa shape index (κ3) is 5.14. The second kappa shape index (κ2) is 11.9. The van der Waals surface area contributed by atoms with Gasteiger partial charge in [0.15, 0.2) is 11.5 Å². The molecule has 7 nitrogen and oxygen atoms in total. The average Bonchev–Trinajstić information content (AvgIpc) is 3.37. The van der Waals surface area contributed by atoms with Crippen LogP contribution in [0.5, 0.6) is 34.5 Å². The molecule has 0 unspecified atom stereocenters. The van der Waals surface area contributed by atoms with E-state index in [4.69, 9.17) is 14.2 Å². The number of ether oxygens (including phenoxy) is 3. The summed E-state index contributed by atoms with van der Waals surface area (Å²) in [5.41, 5.74) is 6.40. The SMILES string of the molecule is Cc1cc(Oc2ccc3c(c2)-c2cc(Oc4ccc(O)c(OC=O)c4)ccc2C3(c2ccccc2)c2ccccc2)ccc1C(=O)O. The van der Waals surface area contributed by atoms with Crippen molar-refractivity contribution in [2.75, 3.05) is 0 Å². The monoisotopic (exact) mass is 620 g/mol. The van der Waals surface area contributed by atoms with Gasteiger partial charge in [-0.2, -0.15) is 0 Å². The van der Waals surface area contributed by atoms with Gasteiger partial charge >= 0.3 is 5.97 Å². The summed E-state index contributed by atoms with van der Waals surface area (Å²) < 4.78 is 17.4. The van der Waals surface area contributed by atoms with Crippen LogP contribution < -0.4 is 14.2 Å². The molecule has 1 aliphatic rings. The lowest BCUT2D eigenvalue weighted by atomic mass is 9.68. The fraction of sp³-hybridized carbons (Fsp3) is 0.0500. The van der Waals surface area contributed by atoms with Crippen LogP contribution in [-0.2, 0) is 10.2 Å². The number of carboxylic acid groups (broad SMARTS) is 1. The average molecular weight is 621 g/mol. The van der Waals surface area contributed by atoms with Gasteiger partial charge in [-0.25, -0.2) is 4.79 Å². The minimum absolute atomic E-state index is 0.00964. The Balaban J connectivity index is 1.40. The molecule has 1 aliphatic carbocycles. The molecule has 0 fully saturated rings. The Hall–Kier alpha value is -6.34. The minimum atomic E-state index is -0.987. The topological polar surface area (TPSA) is 102 Å². The molecule has 0 saturated heterocycles. The van der Waals surface area contributed by atoms with E-state index in [2.05, 4.69) is 36.4 Å². The summed E-state index contributed by atoms with van der Waals surface area (Å²) >= 11 is 0. The quantitative estimate of drug-likeness (QED) is 0.155. The van der Waals surface area contributed by atoms with Crippen molar-refractivity contribution < 1.29 is 34.0 Å². The molecule has 7 heteroatoms. The highest BCUT2D eigenvalue weighted by atomic mass is 16.5. The third-order valence-corrected chi connectivity index (χ3v) is 8.50. The van der Waals surface area contributed by atoms with E-state index in [0.717, 1.165) is 33.4 Å². The van der Waals surface area contributed by atoms with Crippen LogP contribution in [0.3, 0.4) is 0 Å². The first kappa shape index (κ1) is 29.4. The summed E-state index contributed by atoms with van der Waals surface area (Å²) in [5, 5.41) is 19.5. The van der Waals surface area contributed by atoms with E-state index in [-0.39, 0.29) is 23.5 Å². The zero-order chi connectivity index (χ0) is 32.5.